The number of nitrogens with one attached hydrogen (secondary N) is 2. The van der Waals surface area contributed by atoms with Gasteiger partial charge in [-0.3, -0.25) is 9.59 Å². The second-order valence-corrected chi connectivity index (χ2v) is 10.1. The molecular weight excluding hydrogens is 470 g/mol. The fraction of sp³-hybridized carbons (Fsp3) is 0.333. The number of halogens is 1. The number of carbonyl (C=O) groups excluding carboxylic acids is 2. The quantitative estimate of drug-likeness (QED) is 0.585. The van der Waals surface area contributed by atoms with Gasteiger partial charge in [-0.25, -0.2) is 8.42 Å². The van der Waals surface area contributed by atoms with Crippen molar-refractivity contribution in [2.45, 2.75) is 38.1 Å². The smallest absolute Gasteiger partial charge is 0.251 e. The lowest BCUT2D eigenvalue weighted by Gasteiger charge is -2.21. The van der Waals surface area contributed by atoms with E-state index in [1.807, 2.05) is 25.1 Å². The SMILES string of the molecule is Cc1ccc(Br)cc1NC(=O)CCNC(=O)c1cccc(S(=O)(=O)N(C)C(C)C)c1. The Kier molecular flexibility index (Phi) is 8.17. The Bertz CT molecular complexity index is 1040. The molecule has 0 fully saturated rings. The van der Waals surface area contributed by atoms with Crippen molar-refractivity contribution in [3.05, 3.63) is 58.1 Å². The zero-order valence-corrected chi connectivity index (χ0v) is 19.8. The Morgan fingerprint density at radius 1 is 1.13 bits per heavy atom. The molecule has 0 aliphatic carbocycles. The van der Waals surface area contributed by atoms with Crippen LogP contribution in [0.25, 0.3) is 0 Å². The molecule has 9 heteroatoms. The zero-order valence-electron chi connectivity index (χ0n) is 17.4. The molecular formula is C21H26BrN3O4S. The summed E-state index contributed by atoms with van der Waals surface area (Å²) in [7, 11) is -2.19. The molecule has 2 amide bonds. The molecule has 0 aliphatic heterocycles. The molecule has 0 unspecified atom stereocenters. The Morgan fingerprint density at radius 2 is 1.83 bits per heavy atom. The first-order valence-corrected chi connectivity index (χ1v) is 11.7. The van der Waals surface area contributed by atoms with E-state index < -0.39 is 15.9 Å². The molecule has 0 saturated carbocycles. The van der Waals surface area contributed by atoms with E-state index in [2.05, 4.69) is 26.6 Å². The van der Waals surface area contributed by atoms with Crippen molar-refractivity contribution < 1.29 is 18.0 Å². The van der Waals surface area contributed by atoms with Crippen LogP contribution in [0.15, 0.2) is 51.8 Å². The van der Waals surface area contributed by atoms with E-state index in [1.54, 1.807) is 13.8 Å². The highest BCUT2D eigenvalue weighted by molar-refractivity contribution is 9.10. The maximum atomic E-state index is 12.6. The Morgan fingerprint density at radius 3 is 2.50 bits per heavy atom. The highest BCUT2D eigenvalue weighted by Crippen LogP contribution is 2.21. The summed E-state index contributed by atoms with van der Waals surface area (Å²) >= 11 is 3.37. The summed E-state index contributed by atoms with van der Waals surface area (Å²) in [5.74, 6) is -0.669. The van der Waals surface area contributed by atoms with Crippen LogP contribution in [0.4, 0.5) is 5.69 Å². The molecule has 0 radical (unpaired) electrons. The molecule has 0 aliphatic rings. The number of benzene rings is 2. The fourth-order valence-corrected chi connectivity index (χ4v) is 4.35. The van der Waals surface area contributed by atoms with Gasteiger partial charge in [-0.15, -0.1) is 0 Å². The minimum Gasteiger partial charge on any atom is -0.352 e. The third-order valence-corrected chi connectivity index (χ3v) is 7.13. The number of anilines is 1. The maximum absolute atomic E-state index is 12.6. The van der Waals surface area contributed by atoms with E-state index in [1.165, 1.54) is 35.6 Å². The van der Waals surface area contributed by atoms with Crippen LogP contribution >= 0.6 is 15.9 Å². The van der Waals surface area contributed by atoms with Crippen molar-refractivity contribution in [3.63, 3.8) is 0 Å². The van der Waals surface area contributed by atoms with Gasteiger partial charge in [-0.2, -0.15) is 4.31 Å². The van der Waals surface area contributed by atoms with E-state index >= 15 is 0 Å². The molecule has 0 saturated heterocycles. The highest BCUT2D eigenvalue weighted by atomic mass is 79.9. The van der Waals surface area contributed by atoms with E-state index in [4.69, 9.17) is 0 Å². The van der Waals surface area contributed by atoms with Crippen LogP contribution in [-0.2, 0) is 14.8 Å². The van der Waals surface area contributed by atoms with E-state index in [0.29, 0.717) is 5.69 Å². The maximum Gasteiger partial charge on any atom is 0.251 e. The lowest BCUT2D eigenvalue weighted by atomic mass is 10.2. The summed E-state index contributed by atoms with van der Waals surface area (Å²) in [6.07, 6.45) is 0.0891. The van der Waals surface area contributed by atoms with Crippen molar-refractivity contribution >= 4 is 43.5 Å². The number of hydrogen-bond donors (Lipinski definition) is 2. The van der Waals surface area contributed by atoms with Gasteiger partial charge in [-0.1, -0.05) is 28.1 Å². The van der Waals surface area contributed by atoms with Gasteiger partial charge in [0.25, 0.3) is 5.91 Å². The Hall–Kier alpha value is -2.23. The molecule has 0 heterocycles. The second-order valence-electron chi connectivity index (χ2n) is 7.16. The number of hydrogen-bond acceptors (Lipinski definition) is 4. The van der Waals surface area contributed by atoms with Gasteiger partial charge in [0.05, 0.1) is 4.90 Å². The molecule has 2 rings (SSSR count). The lowest BCUT2D eigenvalue weighted by Crippen LogP contribution is -2.33. The largest absolute Gasteiger partial charge is 0.352 e. The first-order valence-electron chi connectivity index (χ1n) is 9.44. The van der Waals surface area contributed by atoms with Gasteiger partial charge in [0.2, 0.25) is 15.9 Å². The van der Waals surface area contributed by atoms with E-state index in [-0.39, 0.29) is 35.4 Å². The van der Waals surface area contributed by atoms with Crippen LogP contribution < -0.4 is 10.6 Å². The molecule has 7 nitrogen and oxygen atoms in total. The van der Waals surface area contributed by atoms with Crippen LogP contribution in [0.1, 0.15) is 36.2 Å². The summed E-state index contributed by atoms with van der Waals surface area (Å²) in [4.78, 5) is 24.6. The third kappa shape index (κ3) is 6.13. The number of rotatable bonds is 8. The molecule has 2 aromatic rings. The minimum atomic E-state index is -3.69. The van der Waals surface area contributed by atoms with Crippen LogP contribution in [0.5, 0.6) is 0 Å². The average Bonchev–Trinajstić information content (AvgIpc) is 2.70. The first kappa shape index (κ1) is 24.0. The summed E-state index contributed by atoms with van der Waals surface area (Å²) < 4.78 is 27.3. The van der Waals surface area contributed by atoms with Gasteiger partial charge < -0.3 is 10.6 Å². The van der Waals surface area contributed by atoms with Crippen LogP contribution in [-0.4, -0.2) is 44.2 Å². The minimum absolute atomic E-state index is 0.0502. The summed E-state index contributed by atoms with van der Waals surface area (Å²) in [6.45, 7) is 5.56. The van der Waals surface area contributed by atoms with Gasteiger partial charge in [0.1, 0.15) is 0 Å². The number of carbonyl (C=O) groups is 2. The van der Waals surface area contributed by atoms with E-state index in [0.717, 1.165) is 10.0 Å². The molecule has 2 N–H and O–H groups in total. The first-order chi connectivity index (χ1) is 14.0. The highest BCUT2D eigenvalue weighted by Gasteiger charge is 2.23. The number of sulfonamides is 1. The van der Waals surface area contributed by atoms with Crippen molar-refractivity contribution in [1.82, 2.24) is 9.62 Å². The summed E-state index contributed by atoms with van der Waals surface area (Å²) in [5.41, 5.74) is 1.85. The molecule has 0 atom stereocenters. The Labute approximate surface area is 186 Å². The topological polar surface area (TPSA) is 95.6 Å². The normalized spacial score (nSPS) is 11.6. The second kappa shape index (κ2) is 10.2. The van der Waals surface area contributed by atoms with Gasteiger partial charge in [0, 0.05) is 41.8 Å². The fourth-order valence-electron chi connectivity index (χ4n) is 2.57. The van der Waals surface area contributed by atoms with E-state index in [9.17, 15) is 18.0 Å². The molecule has 0 bridgehead atoms. The summed E-state index contributed by atoms with van der Waals surface area (Å²) in [5, 5.41) is 5.47. The average molecular weight is 496 g/mol. The van der Waals surface area contributed by atoms with Crippen LogP contribution in [0.3, 0.4) is 0 Å². The van der Waals surface area contributed by atoms with Gasteiger partial charge in [-0.05, 0) is 56.7 Å². The number of amides is 2. The monoisotopic (exact) mass is 495 g/mol. The molecule has 2 aromatic carbocycles. The zero-order chi connectivity index (χ0) is 22.5. The predicted molar refractivity (Wildman–Crippen MR) is 121 cm³/mol. The lowest BCUT2D eigenvalue weighted by molar-refractivity contribution is -0.116. The van der Waals surface area contributed by atoms with Crippen molar-refractivity contribution in [1.29, 1.82) is 0 Å². The molecule has 0 aromatic heterocycles. The van der Waals surface area contributed by atoms with Gasteiger partial charge in [0.15, 0.2) is 0 Å². The third-order valence-electron chi connectivity index (χ3n) is 4.61. The number of aryl methyl sites for hydroxylation is 1. The van der Waals surface area contributed by atoms with Crippen molar-refractivity contribution in [2.75, 3.05) is 18.9 Å². The Balaban J connectivity index is 1.97. The molecule has 30 heavy (non-hydrogen) atoms. The van der Waals surface area contributed by atoms with Gasteiger partial charge >= 0.3 is 0 Å². The molecule has 0 spiro atoms. The standard InChI is InChI=1S/C21H26BrN3O4S/c1-14(2)25(4)30(28,29)18-7-5-6-16(12-18)21(27)23-11-10-20(26)24-19-13-17(22)9-8-15(19)3/h5-9,12-14H,10-11H2,1-4H3,(H,23,27)(H,24,26). The van der Waals surface area contributed by atoms with Crippen molar-refractivity contribution in [2.24, 2.45) is 0 Å². The summed E-state index contributed by atoms with van der Waals surface area (Å²) in [6, 6.07) is 11.2. The van der Waals surface area contributed by atoms with Crippen LogP contribution in [0.2, 0.25) is 0 Å². The van der Waals surface area contributed by atoms with Crippen LogP contribution in [0, 0.1) is 6.92 Å². The predicted octanol–water partition coefficient (Wildman–Crippen LogP) is 3.55. The number of nitrogens with zero attached hydrogens (tertiary/aromatic N) is 1. The molecule has 162 valence electrons. The van der Waals surface area contributed by atoms with Crippen molar-refractivity contribution in [3.8, 4) is 0 Å².